The standard InChI is InChI=1S/C33H33N3O3S/c1-39-26-16-14-25(15-17-26)36-31(38)29-30(27-13-7-6-12-24(27)20-33(29)18-8-3-9-19-33)35-32(36)40-22-28(37)34-21-23-10-4-2-5-11-23/h2,4-7,10-17H,3,8-9,18-22H2,1H3,(H,34,37). The SMILES string of the molecule is COc1ccc(-n2c(SCC(=O)NCc3ccccc3)nc3c(c2=O)C2(CCCCC2)Cc2ccccc2-3)cc1. The maximum Gasteiger partial charge on any atom is 0.263 e. The van der Waals surface area contributed by atoms with Crippen LogP contribution in [-0.2, 0) is 23.2 Å². The Labute approximate surface area is 238 Å². The molecule has 1 N–H and O–H groups in total. The van der Waals surface area contributed by atoms with E-state index in [4.69, 9.17) is 9.72 Å². The van der Waals surface area contributed by atoms with Crippen molar-refractivity contribution in [2.24, 2.45) is 0 Å². The first-order valence-corrected chi connectivity index (χ1v) is 14.9. The lowest BCUT2D eigenvalue weighted by molar-refractivity contribution is -0.118. The van der Waals surface area contributed by atoms with E-state index in [2.05, 4.69) is 23.5 Å². The Morgan fingerprint density at radius 2 is 1.70 bits per heavy atom. The summed E-state index contributed by atoms with van der Waals surface area (Å²) in [5, 5.41) is 3.51. The molecule has 6 nitrogen and oxygen atoms in total. The number of methoxy groups -OCH3 is 1. The molecule has 4 aromatic rings. The molecule has 1 amide bonds. The summed E-state index contributed by atoms with van der Waals surface area (Å²) >= 11 is 1.30. The second kappa shape index (κ2) is 11.3. The van der Waals surface area contributed by atoms with Gasteiger partial charge in [-0.3, -0.25) is 14.2 Å². The molecule has 2 aliphatic rings. The quantitative estimate of drug-likeness (QED) is 0.223. The molecule has 0 unspecified atom stereocenters. The second-order valence-corrected chi connectivity index (χ2v) is 11.6. The predicted octanol–water partition coefficient (Wildman–Crippen LogP) is 6.07. The monoisotopic (exact) mass is 551 g/mol. The molecule has 1 spiro atoms. The van der Waals surface area contributed by atoms with Crippen molar-refractivity contribution in [1.29, 1.82) is 0 Å². The Bertz CT molecular complexity index is 1580. The zero-order chi connectivity index (χ0) is 27.5. The molecular formula is C33H33N3O3S. The molecule has 2 aliphatic carbocycles. The van der Waals surface area contributed by atoms with E-state index in [1.54, 1.807) is 11.7 Å². The summed E-state index contributed by atoms with van der Waals surface area (Å²) in [5.41, 5.74) is 5.42. The molecule has 1 heterocycles. The Kier molecular flexibility index (Phi) is 7.48. The number of benzene rings is 3. The van der Waals surface area contributed by atoms with Gasteiger partial charge < -0.3 is 10.1 Å². The number of fused-ring (bicyclic) bond motifs is 4. The molecule has 204 valence electrons. The van der Waals surface area contributed by atoms with Crippen molar-refractivity contribution in [1.82, 2.24) is 14.9 Å². The summed E-state index contributed by atoms with van der Waals surface area (Å²) in [6.07, 6.45) is 6.27. The zero-order valence-electron chi connectivity index (χ0n) is 22.7. The maximum atomic E-state index is 14.6. The van der Waals surface area contributed by atoms with Gasteiger partial charge in [-0.05, 0) is 54.7 Å². The number of aromatic nitrogens is 2. The third-order valence-corrected chi connectivity index (χ3v) is 9.13. The Balaban J connectivity index is 1.43. The molecule has 0 saturated heterocycles. The molecule has 0 aliphatic heterocycles. The van der Waals surface area contributed by atoms with E-state index in [9.17, 15) is 9.59 Å². The number of nitrogens with zero attached hydrogens (tertiary/aromatic N) is 2. The van der Waals surface area contributed by atoms with Gasteiger partial charge in [-0.2, -0.15) is 0 Å². The number of hydrogen-bond donors (Lipinski definition) is 1. The van der Waals surface area contributed by atoms with Crippen molar-refractivity contribution in [2.45, 2.75) is 55.6 Å². The number of carbonyl (C=O) groups excluding carboxylic acids is 1. The topological polar surface area (TPSA) is 73.2 Å². The Morgan fingerprint density at radius 3 is 2.45 bits per heavy atom. The number of nitrogens with one attached hydrogen (secondary N) is 1. The van der Waals surface area contributed by atoms with E-state index >= 15 is 0 Å². The second-order valence-electron chi connectivity index (χ2n) is 10.7. The maximum absolute atomic E-state index is 14.6. The largest absolute Gasteiger partial charge is 0.497 e. The van der Waals surface area contributed by atoms with Gasteiger partial charge in [0.1, 0.15) is 5.75 Å². The summed E-state index contributed by atoms with van der Waals surface area (Å²) < 4.78 is 7.07. The molecular weight excluding hydrogens is 518 g/mol. The normalized spacial score (nSPS) is 15.2. The van der Waals surface area contributed by atoms with E-state index in [-0.39, 0.29) is 22.6 Å². The summed E-state index contributed by atoms with van der Waals surface area (Å²) in [5.74, 6) is 0.766. The fraction of sp³-hybridized carbons (Fsp3) is 0.303. The van der Waals surface area contributed by atoms with Crippen molar-refractivity contribution < 1.29 is 9.53 Å². The smallest absolute Gasteiger partial charge is 0.263 e. The minimum Gasteiger partial charge on any atom is -0.497 e. The van der Waals surface area contributed by atoms with Gasteiger partial charge in [0, 0.05) is 17.5 Å². The van der Waals surface area contributed by atoms with Crippen LogP contribution in [0.25, 0.3) is 16.9 Å². The highest BCUT2D eigenvalue weighted by Gasteiger charge is 2.43. The van der Waals surface area contributed by atoms with Crippen LogP contribution in [0, 0.1) is 0 Å². The van der Waals surface area contributed by atoms with Crippen LogP contribution in [0.1, 0.15) is 48.8 Å². The number of ether oxygens (including phenoxy) is 1. The first-order valence-electron chi connectivity index (χ1n) is 13.9. The fourth-order valence-electron chi connectivity index (χ4n) is 6.22. The van der Waals surface area contributed by atoms with E-state index in [0.29, 0.717) is 11.7 Å². The number of carbonyl (C=O) groups is 1. The average molecular weight is 552 g/mol. The van der Waals surface area contributed by atoms with E-state index in [1.807, 2.05) is 60.7 Å². The molecule has 7 heteroatoms. The number of thioether (sulfide) groups is 1. The summed E-state index contributed by atoms with van der Waals surface area (Å²) in [6, 6.07) is 25.7. The Hall–Kier alpha value is -3.84. The van der Waals surface area contributed by atoms with Crippen LogP contribution in [0.4, 0.5) is 0 Å². The molecule has 0 atom stereocenters. The summed E-state index contributed by atoms with van der Waals surface area (Å²) in [6.45, 7) is 0.457. The number of amides is 1. The fourth-order valence-corrected chi connectivity index (χ4v) is 7.06. The summed E-state index contributed by atoms with van der Waals surface area (Å²) in [7, 11) is 1.63. The molecule has 40 heavy (non-hydrogen) atoms. The van der Waals surface area contributed by atoms with E-state index in [0.717, 1.165) is 65.9 Å². The molecule has 1 saturated carbocycles. The molecule has 0 radical (unpaired) electrons. The number of rotatable bonds is 7. The van der Waals surface area contributed by atoms with E-state index in [1.165, 1.54) is 23.7 Å². The minimum absolute atomic E-state index is 0.0289. The lowest BCUT2D eigenvalue weighted by Gasteiger charge is -2.42. The number of hydrogen-bond acceptors (Lipinski definition) is 5. The predicted molar refractivity (Wildman–Crippen MR) is 159 cm³/mol. The zero-order valence-corrected chi connectivity index (χ0v) is 23.5. The average Bonchev–Trinajstić information content (AvgIpc) is 3.00. The van der Waals surface area contributed by atoms with Gasteiger partial charge in [0.15, 0.2) is 5.16 Å². The minimum atomic E-state index is -0.212. The molecule has 1 fully saturated rings. The van der Waals surface area contributed by atoms with Crippen LogP contribution in [0.2, 0.25) is 0 Å². The molecule has 3 aromatic carbocycles. The highest BCUT2D eigenvalue weighted by molar-refractivity contribution is 7.99. The highest BCUT2D eigenvalue weighted by Crippen LogP contribution is 2.49. The van der Waals surface area contributed by atoms with Crippen molar-refractivity contribution in [3.63, 3.8) is 0 Å². The van der Waals surface area contributed by atoms with Gasteiger partial charge in [-0.25, -0.2) is 4.98 Å². The lowest BCUT2D eigenvalue weighted by atomic mass is 9.62. The van der Waals surface area contributed by atoms with Crippen LogP contribution in [0.15, 0.2) is 88.8 Å². The van der Waals surface area contributed by atoms with Crippen LogP contribution in [0.5, 0.6) is 5.75 Å². The van der Waals surface area contributed by atoms with Gasteiger partial charge in [-0.15, -0.1) is 0 Å². The van der Waals surface area contributed by atoms with Gasteiger partial charge in [-0.1, -0.05) is 85.6 Å². The van der Waals surface area contributed by atoms with Crippen LogP contribution in [0.3, 0.4) is 0 Å². The van der Waals surface area contributed by atoms with Crippen LogP contribution in [-0.4, -0.2) is 28.3 Å². The van der Waals surface area contributed by atoms with Gasteiger partial charge in [0.2, 0.25) is 5.91 Å². The molecule has 0 bridgehead atoms. The van der Waals surface area contributed by atoms with Crippen molar-refractivity contribution in [3.05, 3.63) is 106 Å². The van der Waals surface area contributed by atoms with Gasteiger partial charge in [0.25, 0.3) is 5.56 Å². The van der Waals surface area contributed by atoms with Crippen LogP contribution < -0.4 is 15.6 Å². The van der Waals surface area contributed by atoms with Gasteiger partial charge >= 0.3 is 0 Å². The van der Waals surface area contributed by atoms with Crippen molar-refractivity contribution >= 4 is 17.7 Å². The first-order chi connectivity index (χ1) is 19.6. The Morgan fingerprint density at radius 1 is 0.975 bits per heavy atom. The van der Waals surface area contributed by atoms with Crippen molar-refractivity contribution in [2.75, 3.05) is 12.9 Å². The van der Waals surface area contributed by atoms with E-state index < -0.39 is 0 Å². The third kappa shape index (κ3) is 5.06. The first kappa shape index (κ1) is 26.4. The highest BCUT2D eigenvalue weighted by atomic mass is 32.2. The molecule has 1 aromatic heterocycles. The summed E-state index contributed by atoms with van der Waals surface area (Å²) in [4.78, 5) is 32.7. The third-order valence-electron chi connectivity index (χ3n) is 8.19. The molecule has 6 rings (SSSR count). The van der Waals surface area contributed by atoms with Gasteiger partial charge in [0.05, 0.1) is 29.8 Å². The lowest BCUT2D eigenvalue weighted by Crippen LogP contribution is -2.43. The van der Waals surface area contributed by atoms with Crippen molar-refractivity contribution in [3.8, 4) is 22.7 Å². The van der Waals surface area contributed by atoms with Crippen LogP contribution >= 0.6 is 11.8 Å².